The third kappa shape index (κ3) is 3.80. The van der Waals surface area contributed by atoms with Crippen LogP contribution in [0.1, 0.15) is 44.9 Å². The lowest BCUT2D eigenvalue weighted by atomic mass is 10.1. The van der Waals surface area contributed by atoms with E-state index < -0.39 is 0 Å². The van der Waals surface area contributed by atoms with Crippen molar-refractivity contribution in [3.63, 3.8) is 0 Å². The monoisotopic (exact) mass is 264 g/mol. The first-order valence-electron chi connectivity index (χ1n) is 7.03. The lowest BCUT2D eigenvalue weighted by Gasteiger charge is -2.28. The molecule has 1 atom stereocenters. The van der Waals surface area contributed by atoms with Gasteiger partial charge in [-0.05, 0) is 19.3 Å². The van der Waals surface area contributed by atoms with Crippen molar-refractivity contribution < 1.29 is 4.74 Å². The van der Waals surface area contributed by atoms with E-state index in [0.29, 0.717) is 11.9 Å². The van der Waals surface area contributed by atoms with Gasteiger partial charge in [0.1, 0.15) is 17.5 Å². The van der Waals surface area contributed by atoms with Gasteiger partial charge in [0, 0.05) is 32.2 Å². The van der Waals surface area contributed by atoms with Crippen molar-refractivity contribution in [1.29, 1.82) is 0 Å². The largest absolute Gasteiger partial charge is 0.384 e. The highest BCUT2D eigenvalue weighted by atomic mass is 16.5. The van der Waals surface area contributed by atoms with Crippen LogP contribution in [0.3, 0.4) is 0 Å². The van der Waals surface area contributed by atoms with Gasteiger partial charge in [-0.2, -0.15) is 0 Å². The summed E-state index contributed by atoms with van der Waals surface area (Å²) in [7, 11) is 2.03. The maximum absolute atomic E-state index is 5.86. The molecule has 0 aliphatic carbocycles. The first-order valence-corrected chi connectivity index (χ1v) is 7.03. The molecule has 0 bridgehead atoms. The van der Waals surface area contributed by atoms with Crippen molar-refractivity contribution in [2.45, 2.75) is 45.1 Å². The van der Waals surface area contributed by atoms with E-state index in [1.165, 1.54) is 12.8 Å². The van der Waals surface area contributed by atoms with E-state index in [1.54, 1.807) is 0 Å². The summed E-state index contributed by atoms with van der Waals surface area (Å²) in [5.41, 5.74) is 5.86. The highest BCUT2D eigenvalue weighted by Gasteiger charge is 2.17. The molecule has 1 aromatic rings. The number of hydrogen-bond acceptors (Lipinski definition) is 5. The van der Waals surface area contributed by atoms with Gasteiger partial charge in [-0.25, -0.2) is 9.97 Å². The second-order valence-electron chi connectivity index (χ2n) is 5.53. The van der Waals surface area contributed by atoms with Gasteiger partial charge in [-0.3, -0.25) is 0 Å². The first-order chi connectivity index (χ1) is 9.06. The Morgan fingerprint density at radius 2 is 2.21 bits per heavy atom. The van der Waals surface area contributed by atoms with Crippen molar-refractivity contribution in [2.75, 3.05) is 30.8 Å². The second-order valence-corrected chi connectivity index (χ2v) is 5.53. The van der Waals surface area contributed by atoms with E-state index in [-0.39, 0.29) is 5.92 Å². The fourth-order valence-electron chi connectivity index (χ4n) is 2.28. The highest BCUT2D eigenvalue weighted by molar-refractivity contribution is 5.46. The Kier molecular flexibility index (Phi) is 4.58. The Morgan fingerprint density at radius 3 is 2.84 bits per heavy atom. The summed E-state index contributed by atoms with van der Waals surface area (Å²) in [6, 6.07) is 1.83. The number of nitrogen functional groups attached to an aromatic ring is 1. The standard InChI is InChI=1S/C14H24N4O/c1-10(2)14-16-12(15)8-13(17-14)18(3)9-11-6-4-5-7-19-11/h8,10-11H,4-7,9H2,1-3H3,(H2,15,16,17). The highest BCUT2D eigenvalue weighted by Crippen LogP contribution is 2.20. The van der Waals surface area contributed by atoms with E-state index in [9.17, 15) is 0 Å². The minimum atomic E-state index is 0.279. The van der Waals surface area contributed by atoms with Crippen LogP contribution >= 0.6 is 0 Å². The summed E-state index contributed by atoms with van der Waals surface area (Å²) < 4.78 is 5.76. The number of nitrogens with zero attached hydrogens (tertiary/aromatic N) is 3. The molecule has 19 heavy (non-hydrogen) atoms. The van der Waals surface area contributed by atoms with E-state index in [4.69, 9.17) is 10.5 Å². The van der Waals surface area contributed by atoms with Crippen LogP contribution < -0.4 is 10.6 Å². The number of likely N-dealkylation sites (N-methyl/N-ethyl adjacent to an activating group) is 1. The molecule has 1 unspecified atom stereocenters. The smallest absolute Gasteiger partial charge is 0.135 e. The molecule has 0 radical (unpaired) electrons. The van der Waals surface area contributed by atoms with E-state index in [0.717, 1.165) is 31.2 Å². The topological polar surface area (TPSA) is 64.3 Å². The fraction of sp³-hybridized carbons (Fsp3) is 0.714. The minimum absolute atomic E-state index is 0.279. The average Bonchev–Trinajstić information content (AvgIpc) is 2.39. The maximum Gasteiger partial charge on any atom is 0.135 e. The van der Waals surface area contributed by atoms with Gasteiger partial charge in [0.25, 0.3) is 0 Å². The molecule has 106 valence electrons. The van der Waals surface area contributed by atoms with Gasteiger partial charge in [-0.15, -0.1) is 0 Å². The molecule has 0 aromatic carbocycles. The van der Waals surface area contributed by atoms with Gasteiger partial charge >= 0.3 is 0 Å². The summed E-state index contributed by atoms with van der Waals surface area (Å²) in [4.78, 5) is 11.0. The van der Waals surface area contributed by atoms with Crippen molar-refractivity contribution >= 4 is 11.6 Å². The molecule has 0 saturated carbocycles. The molecule has 2 rings (SSSR count). The Morgan fingerprint density at radius 1 is 1.42 bits per heavy atom. The summed E-state index contributed by atoms with van der Waals surface area (Å²) in [6.45, 7) is 5.88. The summed E-state index contributed by atoms with van der Waals surface area (Å²) in [6.07, 6.45) is 3.86. The van der Waals surface area contributed by atoms with Gasteiger partial charge in [-0.1, -0.05) is 13.8 Å². The lowest BCUT2D eigenvalue weighted by molar-refractivity contribution is 0.0215. The van der Waals surface area contributed by atoms with Crippen LogP contribution in [0.4, 0.5) is 11.6 Å². The number of rotatable bonds is 4. The zero-order chi connectivity index (χ0) is 13.8. The molecule has 2 N–H and O–H groups in total. The number of hydrogen-bond donors (Lipinski definition) is 1. The van der Waals surface area contributed by atoms with Crippen LogP contribution in [0.25, 0.3) is 0 Å². The van der Waals surface area contributed by atoms with Crippen molar-refractivity contribution in [3.05, 3.63) is 11.9 Å². The molecule has 1 aliphatic rings. The van der Waals surface area contributed by atoms with Gasteiger partial charge in [0.15, 0.2) is 0 Å². The summed E-state index contributed by atoms with van der Waals surface area (Å²) in [5, 5.41) is 0. The second kappa shape index (κ2) is 6.19. The zero-order valence-electron chi connectivity index (χ0n) is 12.1. The molecule has 0 spiro atoms. The molecule has 1 aliphatic heterocycles. The third-order valence-electron chi connectivity index (χ3n) is 3.41. The number of nitrogens with two attached hydrogens (primary N) is 1. The number of anilines is 2. The van der Waals surface area contributed by atoms with Gasteiger partial charge in [0.2, 0.25) is 0 Å². The SMILES string of the molecule is CC(C)c1nc(N)cc(N(C)CC2CCCCO2)n1. The fourth-order valence-corrected chi connectivity index (χ4v) is 2.28. The predicted octanol–water partition coefficient (Wildman–Crippen LogP) is 2.19. The van der Waals surface area contributed by atoms with Crippen molar-refractivity contribution in [1.82, 2.24) is 9.97 Å². The van der Waals surface area contributed by atoms with Crippen LogP contribution in [-0.2, 0) is 4.74 Å². The molecule has 5 nitrogen and oxygen atoms in total. The Labute approximate surface area is 115 Å². The number of ether oxygens (including phenoxy) is 1. The summed E-state index contributed by atoms with van der Waals surface area (Å²) in [5.74, 6) is 2.49. The average molecular weight is 264 g/mol. The Hall–Kier alpha value is -1.36. The van der Waals surface area contributed by atoms with Crippen LogP contribution in [0.15, 0.2) is 6.07 Å². The predicted molar refractivity (Wildman–Crippen MR) is 77.4 cm³/mol. The Bertz CT molecular complexity index is 416. The molecule has 1 aromatic heterocycles. The van der Waals surface area contributed by atoms with Crippen molar-refractivity contribution in [2.24, 2.45) is 0 Å². The Balaban J connectivity index is 2.07. The molecular weight excluding hydrogens is 240 g/mol. The van der Waals surface area contributed by atoms with Gasteiger partial charge < -0.3 is 15.4 Å². The maximum atomic E-state index is 5.86. The molecule has 2 heterocycles. The molecule has 1 fully saturated rings. The van der Waals surface area contributed by atoms with E-state index in [1.807, 2.05) is 13.1 Å². The van der Waals surface area contributed by atoms with E-state index >= 15 is 0 Å². The van der Waals surface area contributed by atoms with Crippen LogP contribution in [-0.4, -0.2) is 36.3 Å². The van der Waals surface area contributed by atoms with Crippen LogP contribution in [0.5, 0.6) is 0 Å². The molecular formula is C14H24N4O. The summed E-state index contributed by atoms with van der Waals surface area (Å²) >= 11 is 0. The molecule has 5 heteroatoms. The third-order valence-corrected chi connectivity index (χ3v) is 3.41. The lowest BCUT2D eigenvalue weighted by Crippen LogP contribution is -2.34. The molecule has 1 saturated heterocycles. The van der Waals surface area contributed by atoms with Crippen LogP contribution in [0.2, 0.25) is 0 Å². The molecule has 0 amide bonds. The van der Waals surface area contributed by atoms with E-state index in [2.05, 4.69) is 28.7 Å². The van der Waals surface area contributed by atoms with Crippen molar-refractivity contribution in [3.8, 4) is 0 Å². The minimum Gasteiger partial charge on any atom is -0.384 e. The number of aromatic nitrogens is 2. The quantitative estimate of drug-likeness (QED) is 0.903. The van der Waals surface area contributed by atoms with Gasteiger partial charge in [0.05, 0.1) is 6.10 Å². The van der Waals surface area contributed by atoms with Crippen LogP contribution in [0, 0.1) is 0 Å². The first kappa shape index (κ1) is 14.1. The zero-order valence-corrected chi connectivity index (χ0v) is 12.1. The normalized spacial score (nSPS) is 19.7.